The van der Waals surface area contributed by atoms with Crippen LogP contribution < -0.4 is 0 Å². The molecule has 1 rings (SSSR count). The van der Waals surface area contributed by atoms with E-state index in [-0.39, 0.29) is 0 Å². The summed E-state index contributed by atoms with van der Waals surface area (Å²) in [5.41, 5.74) is 1.72. The van der Waals surface area contributed by atoms with Gasteiger partial charge in [-0.05, 0) is 31.6 Å². The summed E-state index contributed by atoms with van der Waals surface area (Å²) in [5, 5.41) is 0. The van der Waals surface area contributed by atoms with E-state index in [9.17, 15) is 0 Å². The lowest BCUT2D eigenvalue weighted by atomic mass is 10.1. The molecule has 0 aromatic rings. The fourth-order valence-electron chi connectivity index (χ4n) is 1.59. The van der Waals surface area contributed by atoms with E-state index in [0.29, 0.717) is 0 Å². The van der Waals surface area contributed by atoms with E-state index in [1.54, 1.807) is 5.57 Å². The lowest BCUT2D eigenvalue weighted by Crippen LogP contribution is -1.77. The number of unbranched alkanes of at least 4 members (excludes halogenated alkanes) is 1. The first kappa shape index (κ1) is 7.84. The molecule has 1 aliphatic rings. The van der Waals surface area contributed by atoms with E-state index in [4.69, 9.17) is 0 Å². The second-order valence-electron chi connectivity index (χ2n) is 3.44. The molecule has 0 fully saturated rings. The van der Waals surface area contributed by atoms with Crippen LogP contribution in [0.5, 0.6) is 0 Å². The van der Waals surface area contributed by atoms with E-state index < -0.39 is 0 Å². The normalized spacial score (nSPS) is 25.0. The molecule has 0 amide bonds. The molecule has 1 atom stereocenters. The Morgan fingerprint density at radius 3 is 2.90 bits per heavy atom. The molecule has 0 spiro atoms. The average molecular weight is 138 g/mol. The zero-order chi connectivity index (χ0) is 7.40. The van der Waals surface area contributed by atoms with Gasteiger partial charge in [-0.2, -0.15) is 0 Å². The summed E-state index contributed by atoms with van der Waals surface area (Å²) in [4.78, 5) is 0. The maximum atomic E-state index is 2.47. The van der Waals surface area contributed by atoms with Crippen LogP contribution in [0.25, 0.3) is 0 Å². The third-order valence-corrected chi connectivity index (χ3v) is 2.29. The van der Waals surface area contributed by atoms with E-state index in [1.165, 1.54) is 32.1 Å². The van der Waals surface area contributed by atoms with Gasteiger partial charge in [0.1, 0.15) is 0 Å². The average Bonchev–Trinajstić information content (AvgIpc) is 2.31. The third-order valence-electron chi connectivity index (χ3n) is 2.29. The molecule has 1 unspecified atom stereocenters. The molecule has 1 aliphatic carbocycles. The van der Waals surface area contributed by atoms with Crippen LogP contribution in [0.2, 0.25) is 0 Å². The van der Waals surface area contributed by atoms with Crippen LogP contribution in [0.4, 0.5) is 0 Å². The summed E-state index contributed by atoms with van der Waals surface area (Å²) in [6, 6.07) is 0. The molecule has 0 aliphatic heterocycles. The predicted molar refractivity (Wildman–Crippen MR) is 46.0 cm³/mol. The van der Waals surface area contributed by atoms with Crippen molar-refractivity contribution in [2.45, 2.75) is 46.0 Å². The molecule has 0 saturated heterocycles. The molecule has 0 radical (unpaired) electrons. The van der Waals surface area contributed by atoms with Gasteiger partial charge in [0.25, 0.3) is 0 Å². The lowest BCUT2D eigenvalue weighted by Gasteiger charge is -1.96. The predicted octanol–water partition coefficient (Wildman–Crippen LogP) is 3.53. The molecule has 0 nitrogen and oxygen atoms in total. The van der Waals surface area contributed by atoms with Crippen molar-refractivity contribution < 1.29 is 0 Å². The molecule has 0 heterocycles. The van der Waals surface area contributed by atoms with Gasteiger partial charge < -0.3 is 0 Å². The Morgan fingerprint density at radius 1 is 1.60 bits per heavy atom. The molecular formula is C10H18. The van der Waals surface area contributed by atoms with E-state index in [0.717, 1.165) is 5.92 Å². The third kappa shape index (κ3) is 2.17. The molecular weight excluding hydrogens is 120 g/mol. The standard InChI is InChI=1S/C10H18/c1-3-4-5-10-7-6-9(2)8-10/h8-9H,3-7H2,1-2H3. The van der Waals surface area contributed by atoms with Crippen molar-refractivity contribution in [2.24, 2.45) is 5.92 Å². The Morgan fingerprint density at radius 2 is 2.40 bits per heavy atom. The minimum Gasteiger partial charge on any atom is -0.0825 e. The number of hydrogen-bond acceptors (Lipinski definition) is 0. The summed E-state index contributed by atoms with van der Waals surface area (Å²) in [7, 11) is 0. The van der Waals surface area contributed by atoms with Crippen molar-refractivity contribution in [1.29, 1.82) is 0 Å². The Balaban J connectivity index is 2.22. The minimum absolute atomic E-state index is 0.867. The Hall–Kier alpha value is -0.260. The summed E-state index contributed by atoms with van der Waals surface area (Å²) in [6.45, 7) is 4.58. The van der Waals surface area contributed by atoms with Crippen molar-refractivity contribution in [3.63, 3.8) is 0 Å². The van der Waals surface area contributed by atoms with E-state index in [2.05, 4.69) is 19.9 Å². The van der Waals surface area contributed by atoms with Crippen LogP contribution in [-0.4, -0.2) is 0 Å². The summed E-state index contributed by atoms with van der Waals surface area (Å²) >= 11 is 0. The molecule has 58 valence electrons. The fourth-order valence-corrected chi connectivity index (χ4v) is 1.59. The maximum Gasteiger partial charge on any atom is -0.0256 e. The van der Waals surface area contributed by atoms with Gasteiger partial charge in [-0.15, -0.1) is 0 Å². The zero-order valence-electron chi connectivity index (χ0n) is 7.19. The highest BCUT2D eigenvalue weighted by Gasteiger charge is 2.09. The first-order valence-electron chi connectivity index (χ1n) is 4.52. The number of rotatable bonds is 3. The van der Waals surface area contributed by atoms with Gasteiger partial charge in [0, 0.05) is 0 Å². The molecule has 10 heavy (non-hydrogen) atoms. The van der Waals surface area contributed by atoms with Crippen LogP contribution in [0.1, 0.15) is 46.0 Å². The first-order valence-corrected chi connectivity index (χ1v) is 4.52. The first-order chi connectivity index (χ1) is 4.83. The van der Waals surface area contributed by atoms with Crippen molar-refractivity contribution in [3.05, 3.63) is 11.6 Å². The topological polar surface area (TPSA) is 0 Å². The minimum atomic E-state index is 0.867. The highest BCUT2D eigenvalue weighted by atomic mass is 14.2. The van der Waals surface area contributed by atoms with Crippen LogP contribution in [0.3, 0.4) is 0 Å². The van der Waals surface area contributed by atoms with Crippen molar-refractivity contribution in [1.82, 2.24) is 0 Å². The van der Waals surface area contributed by atoms with Crippen LogP contribution in [-0.2, 0) is 0 Å². The monoisotopic (exact) mass is 138 g/mol. The second-order valence-corrected chi connectivity index (χ2v) is 3.44. The van der Waals surface area contributed by atoms with Gasteiger partial charge >= 0.3 is 0 Å². The van der Waals surface area contributed by atoms with Gasteiger partial charge in [-0.25, -0.2) is 0 Å². The van der Waals surface area contributed by atoms with Gasteiger partial charge in [-0.3, -0.25) is 0 Å². The van der Waals surface area contributed by atoms with Gasteiger partial charge in [0.15, 0.2) is 0 Å². The molecule has 0 heteroatoms. The quantitative estimate of drug-likeness (QED) is 0.523. The lowest BCUT2D eigenvalue weighted by molar-refractivity contribution is 0.688. The molecule has 0 bridgehead atoms. The molecule has 0 N–H and O–H groups in total. The molecule has 0 aromatic carbocycles. The van der Waals surface area contributed by atoms with Gasteiger partial charge in [0.2, 0.25) is 0 Å². The van der Waals surface area contributed by atoms with Crippen molar-refractivity contribution >= 4 is 0 Å². The highest BCUT2D eigenvalue weighted by Crippen LogP contribution is 2.26. The Bertz CT molecular complexity index is 122. The van der Waals surface area contributed by atoms with Gasteiger partial charge in [0.05, 0.1) is 0 Å². The summed E-state index contributed by atoms with van der Waals surface area (Å²) < 4.78 is 0. The maximum absolute atomic E-state index is 2.47. The van der Waals surface area contributed by atoms with Crippen LogP contribution in [0.15, 0.2) is 11.6 Å². The number of hydrogen-bond donors (Lipinski definition) is 0. The zero-order valence-corrected chi connectivity index (χ0v) is 7.19. The van der Waals surface area contributed by atoms with E-state index >= 15 is 0 Å². The molecule has 0 aromatic heterocycles. The fraction of sp³-hybridized carbons (Fsp3) is 0.800. The molecule has 0 saturated carbocycles. The number of allylic oxidation sites excluding steroid dienone is 2. The van der Waals surface area contributed by atoms with Gasteiger partial charge in [-0.1, -0.05) is 31.9 Å². The van der Waals surface area contributed by atoms with Crippen molar-refractivity contribution in [2.75, 3.05) is 0 Å². The highest BCUT2D eigenvalue weighted by molar-refractivity contribution is 5.09. The summed E-state index contributed by atoms with van der Waals surface area (Å²) in [5.74, 6) is 0.867. The second kappa shape index (κ2) is 3.80. The Kier molecular flexibility index (Phi) is 2.98. The SMILES string of the molecule is CCCCC1=CC(C)CC1. The Labute approximate surface area is 64.3 Å². The smallest absolute Gasteiger partial charge is 0.0256 e. The van der Waals surface area contributed by atoms with Crippen LogP contribution >= 0.6 is 0 Å². The largest absolute Gasteiger partial charge is 0.0825 e. The van der Waals surface area contributed by atoms with Crippen molar-refractivity contribution in [3.8, 4) is 0 Å². The summed E-state index contributed by atoms with van der Waals surface area (Å²) in [6.07, 6.45) is 9.33. The van der Waals surface area contributed by atoms with Crippen LogP contribution in [0, 0.1) is 5.92 Å². The van der Waals surface area contributed by atoms with E-state index in [1.807, 2.05) is 0 Å².